The quantitative estimate of drug-likeness (QED) is 0.288. The van der Waals surface area contributed by atoms with Crippen LogP contribution in [-0.4, -0.2) is 44.3 Å². The maximum Gasteiger partial charge on any atom is 0.264 e. The van der Waals surface area contributed by atoms with Crippen molar-refractivity contribution in [3.8, 4) is 0 Å². The molecule has 7 nitrogen and oxygen atoms in total. The first kappa shape index (κ1) is 29.5. The Labute approximate surface area is 234 Å². The third kappa shape index (κ3) is 7.72. The minimum Gasteiger partial charge on any atom is -0.354 e. The van der Waals surface area contributed by atoms with Crippen molar-refractivity contribution in [2.45, 2.75) is 44.2 Å². The molecule has 0 aliphatic carbocycles. The lowest BCUT2D eigenvalue weighted by molar-refractivity contribution is -0.139. The van der Waals surface area contributed by atoms with E-state index in [1.807, 2.05) is 6.92 Å². The van der Waals surface area contributed by atoms with Crippen LogP contribution < -0.4 is 9.62 Å². The lowest BCUT2D eigenvalue weighted by Gasteiger charge is -2.32. The zero-order chi connectivity index (χ0) is 27.7. The second-order valence-corrected chi connectivity index (χ2v) is 11.5. The molecule has 0 unspecified atom stereocenters. The van der Waals surface area contributed by atoms with Gasteiger partial charge in [-0.15, -0.1) is 0 Å². The van der Waals surface area contributed by atoms with E-state index in [0.29, 0.717) is 22.2 Å². The molecule has 2 amide bonds. The first-order valence-corrected chi connectivity index (χ1v) is 14.5. The van der Waals surface area contributed by atoms with Crippen molar-refractivity contribution >= 4 is 50.7 Å². The minimum atomic E-state index is -4.14. The monoisotopic (exact) mass is 575 g/mol. The van der Waals surface area contributed by atoms with Crippen LogP contribution in [0.2, 0.25) is 10.0 Å². The summed E-state index contributed by atoms with van der Waals surface area (Å²) in [6, 6.07) is 20.3. The summed E-state index contributed by atoms with van der Waals surface area (Å²) in [6.45, 7) is 3.65. The van der Waals surface area contributed by atoms with E-state index < -0.39 is 28.5 Å². The molecule has 0 bridgehead atoms. The highest BCUT2D eigenvalue weighted by atomic mass is 35.5. The Kier molecular flexibility index (Phi) is 10.6. The van der Waals surface area contributed by atoms with Gasteiger partial charge in [-0.05, 0) is 61.4 Å². The lowest BCUT2D eigenvalue weighted by atomic mass is 10.1. The molecule has 0 radical (unpaired) electrons. The topological polar surface area (TPSA) is 86.8 Å². The van der Waals surface area contributed by atoms with Gasteiger partial charge in [0.15, 0.2) is 0 Å². The molecular formula is C28H31Cl2N3O4S. The van der Waals surface area contributed by atoms with Gasteiger partial charge in [0, 0.05) is 23.1 Å². The summed E-state index contributed by atoms with van der Waals surface area (Å²) in [4.78, 5) is 28.2. The number of anilines is 1. The van der Waals surface area contributed by atoms with Crippen LogP contribution in [0.5, 0.6) is 0 Å². The predicted molar refractivity (Wildman–Crippen MR) is 152 cm³/mol. The molecule has 3 aromatic rings. The number of benzene rings is 3. The Morgan fingerprint density at radius 3 is 2.21 bits per heavy atom. The van der Waals surface area contributed by atoms with Crippen molar-refractivity contribution in [1.82, 2.24) is 10.2 Å². The van der Waals surface area contributed by atoms with E-state index in [4.69, 9.17) is 23.2 Å². The van der Waals surface area contributed by atoms with Gasteiger partial charge in [0.2, 0.25) is 11.8 Å². The SMILES string of the molecule is CCCCNC(=O)[C@@H](C)N(Cc1cccc(Cl)c1)C(=O)CN(c1cccc(Cl)c1)S(=O)(=O)c1ccccc1. The van der Waals surface area contributed by atoms with Crippen LogP contribution in [0.25, 0.3) is 0 Å². The summed E-state index contributed by atoms with van der Waals surface area (Å²) < 4.78 is 28.4. The van der Waals surface area contributed by atoms with Crippen LogP contribution in [0, 0.1) is 0 Å². The number of carbonyl (C=O) groups excluding carboxylic acids is 2. The van der Waals surface area contributed by atoms with Crippen molar-refractivity contribution in [3.05, 3.63) is 94.5 Å². The summed E-state index contributed by atoms with van der Waals surface area (Å²) in [7, 11) is -4.14. The summed E-state index contributed by atoms with van der Waals surface area (Å²) in [5.74, 6) is -0.878. The van der Waals surface area contributed by atoms with E-state index in [1.165, 1.54) is 23.1 Å². The van der Waals surface area contributed by atoms with Crippen LogP contribution in [0.1, 0.15) is 32.3 Å². The fourth-order valence-electron chi connectivity index (χ4n) is 3.83. The summed E-state index contributed by atoms with van der Waals surface area (Å²) in [5, 5.41) is 3.67. The molecule has 38 heavy (non-hydrogen) atoms. The zero-order valence-corrected chi connectivity index (χ0v) is 23.6. The van der Waals surface area contributed by atoms with Gasteiger partial charge in [-0.25, -0.2) is 8.42 Å². The molecule has 0 fully saturated rings. The Bertz CT molecular complexity index is 1350. The van der Waals surface area contributed by atoms with Crippen LogP contribution >= 0.6 is 23.2 Å². The number of halogens is 2. The van der Waals surface area contributed by atoms with Gasteiger partial charge in [0.05, 0.1) is 10.6 Å². The Morgan fingerprint density at radius 2 is 1.58 bits per heavy atom. The van der Waals surface area contributed by atoms with Crippen LogP contribution in [0.3, 0.4) is 0 Å². The number of hydrogen-bond acceptors (Lipinski definition) is 4. The molecule has 3 rings (SSSR count). The van der Waals surface area contributed by atoms with Crippen LogP contribution in [0.15, 0.2) is 83.8 Å². The molecule has 3 aromatic carbocycles. The third-order valence-corrected chi connectivity index (χ3v) is 8.20. The molecule has 0 spiro atoms. The molecular weight excluding hydrogens is 545 g/mol. The maximum absolute atomic E-state index is 13.8. The van der Waals surface area contributed by atoms with Crippen LogP contribution in [-0.2, 0) is 26.2 Å². The highest BCUT2D eigenvalue weighted by Crippen LogP contribution is 2.27. The molecule has 0 saturated heterocycles. The predicted octanol–water partition coefficient (Wildman–Crippen LogP) is 5.52. The van der Waals surface area contributed by atoms with E-state index >= 15 is 0 Å². The van der Waals surface area contributed by atoms with Crippen molar-refractivity contribution < 1.29 is 18.0 Å². The standard InChI is InChI=1S/C28H31Cl2N3O4S/c1-3-4-16-31-28(35)21(2)32(19-22-10-8-11-23(29)17-22)27(34)20-33(25-13-9-12-24(30)18-25)38(36,37)26-14-6-5-7-15-26/h5-15,17-18,21H,3-4,16,19-20H2,1-2H3,(H,31,35)/t21-/m1/s1. The number of amides is 2. The van der Waals surface area contributed by atoms with Gasteiger partial charge in [-0.2, -0.15) is 0 Å². The van der Waals surface area contributed by atoms with Gasteiger partial charge >= 0.3 is 0 Å². The van der Waals surface area contributed by atoms with Gasteiger partial charge in [-0.1, -0.05) is 72.9 Å². The Morgan fingerprint density at radius 1 is 0.921 bits per heavy atom. The molecule has 1 atom stereocenters. The third-order valence-electron chi connectivity index (χ3n) is 5.95. The number of sulfonamides is 1. The van der Waals surface area contributed by atoms with Gasteiger partial charge in [-0.3, -0.25) is 13.9 Å². The first-order chi connectivity index (χ1) is 18.1. The number of carbonyl (C=O) groups is 2. The van der Waals surface area contributed by atoms with E-state index in [9.17, 15) is 18.0 Å². The second-order valence-electron chi connectivity index (χ2n) is 8.78. The van der Waals surface area contributed by atoms with Crippen molar-refractivity contribution in [2.75, 3.05) is 17.4 Å². The Hall–Kier alpha value is -3.07. The first-order valence-electron chi connectivity index (χ1n) is 12.3. The van der Waals surface area contributed by atoms with E-state index in [-0.39, 0.29) is 23.0 Å². The molecule has 0 heterocycles. The summed E-state index contributed by atoms with van der Waals surface area (Å²) in [6.07, 6.45) is 1.71. The average molecular weight is 577 g/mol. The fraction of sp³-hybridized carbons (Fsp3) is 0.286. The van der Waals surface area contributed by atoms with Gasteiger partial charge in [0.1, 0.15) is 12.6 Å². The second kappa shape index (κ2) is 13.6. The summed E-state index contributed by atoms with van der Waals surface area (Å²) in [5.41, 5.74) is 0.941. The largest absolute Gasteiger partial charge is 0.354 e. The van der Waals surface area contributed by atoms with E-state index in [0.717, 1.165) is 17.1 Å². The molecule has 0 aliphatic heterocycles. The van der Waals surface area contributed by atoms with E-state index in [2.05, 4.69) is 5.32 Å². The molecule has 0 aromatic heterocycles. The highest BCUT2D eigenvalue weighted by molar-refractivity contribution is 7.92. The highest BCUT2D eigenvalue weighted by Gasteiger charge is 2.32. The maximum atomic E-state index is 13.8. The molecule has 202 valence electrons. The van der Waals surface area contributed by atoms with Crippen molar-refractivity contribution in [3.63, 3.8) is 0 Å². The van der Waals surface area contributed by atoms with E-state index in [1.54, 1.807) is 67.6 Å². The van der Waals surface area contributed by atoms with Gasteiger partial charge in [0.25, 0.3) is 10.0 Å². The molecule has 10 heteroatoms. The molecule has 0 saturated carbocycles. The average Bonchev–Trinajstić information content (AvgIpc) is 2.90. The summed E-state index contributed by atoms with van der Waals surface area (Å²) >= 11 is 12.3. The zero-order valence-electron chi connectivity index (χ0n) is 21.3. The number of rotatable bonds is 12. The Balaban J connectivity index is 1.99. The van der Waals surface area contributed by atoms with Gasteiger partial charge < -0.3 is 10.2 Å². The number of unbranched alkanes of at least 4 members (excludes halogenated alkanes) is 1. The van der Waals surface area contributed by atoms with Crippen LogP contribution in [0.4, 0.5) is 5.69 Å². The van der Waals surface area contributed by atoms with Crippen molar-refractivity contribution in [1.29, 1.82) is 0 Å². The number of nitrogens with zero attached hydrogens (tertiary/aromatic N) is 2. The molecule has 1 N–H and O–H groups in total. The smallest absolute Gasteiger partial charge is 0.264 e. The minimum absolute atomic E-state index is 0.0273. The normalized spacial score (nSPS) is 12.0. The number of nitrogens with one attached hydrogen (secondary N) is 1. The fourth-order valence-corrected chi connectivity index (χ4v) is 5.65. The molecule has 0 aliphatic rings. The lowest BCUT2D eigenvalue weighted by Crippen LogP contribution is -2.51. The number of hydrogen-bond donors (Lipinski definition) is 1. The van der Waals surface area contributed by atoms with Crippen molar-refractivity contribution in [2.24, 2.45) is 0 Å².